The van der Waals surface area contributed by atoms with Crippen molar-refractivity contribution >= 4 is 5.91 Å². The van der Waals surface area contributed by atoms with Gasteiger partial charge in [-0.2, -0.15) is 0 Å². The number of aryl methyl sites for hydroxylation is 1. The normalized spacial score (nSPS) is 13.5. The van der Waals surface area contributed by atoms with E-state index in [1.807, 2.05) is 45.0 Å². The molecule has 0 aliphatic carbocycles. The van der Waals surface area contributed by atoms with Gasteiger partial charge < -0.3 is 14.5 Å². The zero-order valence-electron chi connectivity index (χ0n) is 14.8. The molecular weight excluding hydrogens is 304 g/mol. The average Bonchev–Trinajstić information content (AvgIpc) is 3.08. The van der Waals surface area contributed by atoms with E-state index in [4.69, 9.17) is 4.52 Å². The van der Waals surface area contributed by atoms with Crippen molar-refractivity contribution in [3.05, 3.63) is 52.9 Å². The van der Waals surface area contributed by atoms with E-state index in [1.165, 1.54) is 0 Å². The maximum atomic E-state index is 12.6. The topological polar surface area (TPSA) is 66.6 Å². The summed E-state index contributed by atoms with van der Waals surface area (Å²) in [7, 11) is 0. The first-order chi connectivity index (χ1) is 11.5. The van der Waals surface area contributed by atoms with Crippen LogP contribution in [0, 0.1) is 6.92 Å². The largest absolute Gasteiger partial charge is 0.387 e. The van der Waals surface area contributed by atoms with Crippen LogP contribution in [0.2, 0.25) is 0 Å². The molecule has 5 nitrogen and oxygen atoms in total. The molecule has 0 bridgehead atoms. The van der Waals surface area contributed by atoms with Gasteiger partial charge in [0, 0.05) is 18.5 Å². The summed E-state index contributed by atoms with van der Waals surface area (Å²) in [6.07, 6.45) is 0.204. The van der Waals surface area contributed by atoms with Crippen molar-refractivity contribution < 1.29 is 14.4 Å². The molecule has 1 aromatic heterocycles. The Balaban J connectivity index is 2.08. The number of benzene rings is 1. The van der Waals surface area contributed by atoms with E-state index < -0.39 is 6.10 Å². The predicted octanol–water partition coefficient (Wildman–Crippen LogP) is 3.69. The fraction of sp³-hybridized carbons (Fsp3) is 0.474. The summed E-state index contributed by atoms with van der Waals surface area (Å²) in [5.74, 6) is 0.234. The van der Waals surface area contributed by atoms with Gasteiger partial charge in [-0.3, -0.25) is 4.79 Å². The summed E-state index contributed by atoms with van der Waals surface area (Å²) in [4.78, 5) is 14.2. The van der Waals surface area contributed by atoms with Crippen LogP contribution in [0.15, 0.2) is 34.9 Å². The van der Waals surface area contributed by atoms with Gasteiger partial charge in [-0.25, -0.2) is 0 Å². The van der Waals surface area contributed by atoms with Gasteiger partial charge in [0.05, 0.1) is 18.3 Å². The quantitative estimate of drug-likeness (QED) is 0.841. The fourth-order valence-electron chi connectivity index (χ4n) is 2.45. The molecular formula is C19H26N2O3. The number of carbonyl (C=O) groups is 1. The average molecular weight is 330 g/mol. The highest BCUT2D eigenvalue weighted by Gasteiger charge is 2.23. The van der Waals surface area contributed by atoms with Crippen molar-refractivity contribution in [1.82, 2.24) is 10.1 Å². The van der Waals surface area contributed by atoms with Crippen LogP contribution in [-0.4, -0.2) is 34.2 Å². The zero-order valence-corrected chi connectivity index (χ0v) is 14.8. The molecule has 0 aliphatic heterocycles. The van der Waals surface area contributed by atoms with E-state index in [-0.39, 0.29) is 24.1 Å². The minimum absolute atomic E-state index is 0.220. The smallest absolute Gasteiger partial charge is 0.292 e. The molecule has 0 saturated carbocycles. The lowest BCUT2D eigenvalue weighted by Gasteiger charge is -2.23. The number of rotatable bonds is 7. The SMILES string of the molecule is CCC(C)c1cc(C(=O)N(CC)CC(O)c2ccc(C)cc2)on1. The zero-order chi connectivity index (χ0) is 17.7. The summed E-state index contributed by atoms with van der Waals surface area (Å²) in [6, 6.07) is 9.37. The number of carbonyl (C=O) groups excluding carboxylic acids is 1. The Morgan fingerprint density at radius 1 is 1.29 bits per heavy atom. The van der Waals surface area contributed by atoms with Gasteiger partial charge in [0.15, 0.2) is 0 Å². The molecule has 1 heterocycles. The van der Waals surface area contributed by atoms with Crippen molar-refractivity contribution in [2.45, 2.75) is 46.1 Å². The third-order valence-electron chi connectivity index (χ3n) is 4.38. The molecule has 0 fully saturated rings. The van der Waals surface area contributed by atoms with Crippen LogP contribution in [0.1, 0.15) is 66.6 Å². The van der Waals surface area contributed by atoms with Gasteiger partial charge in [0.25, 0.3) is 5.91 Å². The highest BCUT2D eigenvalue weighted by atomic mass is 16.5. The molecule has 0 saturated heterocycles. The molecule has 0 aliphatic rings. The predicted molar refractivity (Wildman–Crippen MR) is 92.9 cm³/mol. The molecule has 24 heavy (non-hydrogen) atoms. The monoisotopic (exact) mass is 330 g/mol. The molecule has 2 rings (SSSR count). The van der Waals surface area contributed by atoms with E-state index in [0.29, 0.717) is 6.54 Å². The molecule has 130 valence electrons. The fourth-order valence-corrected chi connectivity index (χ4v) is 2.45. The van der Waals surface area contributed by atoms with Crippen LogP contribution >= 0.6 is 0 Å². The Morgan fingerprint density at radius 3 is 2.54 bits per heavy atom. The number of nitrogens with zero attached hydrogens (tertiary/aromatic N) is 2. The van der Waals surface area contributed by atoms with Crippen molar-refractivity contribution in [3.8, 4) is 0 Å². The van der Waals surface area contributed by atoms with Gasteiger partial charge in [0.1, 0.15) is 0 Å². The Hall–Kier alpha value is -2.14. The Labute approximate surface area is 143 Å². The van der Waals surface area contributed by atoms with E-state index in [9.17, 15) is 9.90 Å². The second-order valence-corrected chi connectivity index (χ2v) is 6.20. The molecule has 0 radical (unpaired) electrons. The molecule has 1 amide bonds. The summed E-state index contributed by atoms with van der Waals surface area (Å²) >= 11 is 0. The van der Waals surface area contributed by atoms with Crippen LogP contribution in [0.4, 0.5) is 0 Å². The van der Waals surface area contributed by atoms with E-state index in [2.05, 4.69) is 12.1 Å². The molecule has 0 spiro atoms. The first kappa shape index (κ1) is 18.2. The van der Waals surface area contributed by atoms with Gasteiger partial charge >= 0.3 is 0 Å². The number of likely N-dealkylation sites (N-methyl/N-ethyl adjacent to an activating group) is 1. The maximum absolute atomic E-state index is 12.6. The van der Waals surface area contributed by atoms with Crippen LogP contribution in [-0.2, 0) is 0 Å². The van der Waals surface area contributed by atoms with Gasteiger partial charge in [-0.15, -0.1) is 0 Å². The minimum Gasteiger partial charge on any atom is -0.387 e. The first-order valence-corrected chi connectivity index (χ1v) is 8.46. The molecule has 5 heteroatoms. The van der Waals surface area contributed by atoms with Crippen LogP contribution < -0.4 is 0 Å². The van der Waals surface area contributed by atoms with Crippen molar-refractivity contribution in [2.75, 3.05) is 13.1 Å². The van der Waals surface area contributed by atoms with Crippen molar-refractivity contribution in [3.63, 3.8) is 0 Å². The van der Waals surface area contributed by atoms with Crippen LogP contribution in [0.3, 0.4) is 0 Å². The highest BCUT2D eigenvalue weighted by Crippen LogP contribution is 2.20. The maximum Gasteiger partial charge on any atom is 0.292 e. The molecule has 2 atom stereocenters. The van der Waals surface area contributed by atoms with E-state index in [1.54, 1.807) is 11.0 Å². The molecule has 1 aromatic carbocycles. The third kappa shape index (κ3) is 4.23. The summed E-state index contributed by atoms with van der Waals surface area (Å²) in [5.41, 5.74) is 2.72. The summed E-state index contributed by atoms with van der Waals surface area (Å²) < 4.78 is 5.21. The van der Waals surface area contributed by atoms with Crippen molar-refractivity contribution in [2.24, 2.45) is 0 Å². The standard InChI is InChI=1S/C19H26N2O3/c1-5-14(4)16-11-18(24-20-16)19(23)21(6-2)12-17(22)15-9-7-13(3)8-10-15/h7-11,14,17,22H,5-6,12H2,1-4H3. The number of aromatic nitrogens is 1. The Morgan fingerprint density at radius 2 is 1.96 bits per heavy atom. The molecule has 2 unspecified atom stereocenters. The van der Waals surface area contributed by atoms with Gasteiger partial charge in [0.2, 0.25) is 5.76 Å². The second-order valence-electron chi connectivity index (χ2n) is 6.20. The number of aliphatic hydroxyl groups is 1. The number of amides is 1. The summed E-state index contributed by atoms with van der Waals surface area (Å²) in [6.45, 7) is 8.70. The van der Waals surface area contributed by atoms with E-state index in [0.717, 1.165) is 23.2 Å². The number of aliphatic hydroxyl groups excluding tert-OH is 1. The van der Waals surface area contributed by atoms with Crippen LogP contribution in [0.25, 0.3) is 0 Å². The lowest BCUT2D eigenvalue weighted by atomic mass is 10.1. The molecule has 2 aromatic rings. The van der Waals surface area contributed by atoms with Gasteiger partial charge in [-0.1, -0.05) is 48.8 Å². The van der Waals surface area contributed by atoms with Crippen molar-refractivity contribution in [1.29, 1.82) is 0 Å². The van der Waals surface area contributed by atoms with Crippen LogP contribution in [0.5, 0.6) is 0 Å². The Kier molecular flexibility index (Phi) is 6.15. The minimum atomic E-state index is -0.730. The second kappa shape index (κ2) is 8.11. The van der Waals surface area contributed by atoms with Gasteiger partial charge in [-0.05, 0) is 25.8 Å². The first-order valence-electron chi connectivity index (χ1n) is 8.46. The number of hydrogen-bond acceptors (Lipinski definition) is 4. The number of hydrogen-bond donors (Lipinski definition) is 1. The summed E-state index contributed by atoms with van der Waals surface area (Å²) in [5, 5.41) is 14.4. The third-order valence-corrected chi connectivity index (χ3v) is 4.38. The lowest BCUT2D eigenvalue weighted by molar-refractivity contribution is 0.0596. The lowest BCUT2D eigenvalue weighted by Crippen LogP contribution is -2.34. The van der Waals surface area contributed by atoms with E-state index >= 15 is 0 Å². The highest BCUT2D eigenvalue weighted by molar-refractivity contribution is 5.91. The molecule has 1 N–H and O–H groups in total. The Bertz CT molecular complexity index is 664.